The van der Waals surface area contributed by atoms with E-state index in [4.69, 9.17) is 14.5 Å². The number of carbonyl (C=O) groups excluding carboxylic acids is 2. The first-order valence-electron chi connectivity index (χ1n) is 11.2. The third kappa shape index (κ3) is 5.45. The number of fused-ring (bicyclic) bond motifs is 1. The zero-order valence-electron chi connectivity index (χ0n) is 20.2. The molecule has 0 atom stereocenters. The number of aryl methyl sites for hydroxylation is 1. The van der Waals surface area contributed by atoms with E-state index in [9.17, 15) is 9.59 Å². The van der Waals surface area contributed by atoms with Gasteiger partial charge in [-0.15, -0.1) is 22.7 Å². The predicted molar refractivity (Wildman–Crippen MR) is 147 cm³/mol. The molecular formula is C27H22N4O4S2. The Morgan fingerprint density at radius 3 is 2.27 bits per heavy atom. The molecule has 186 valence electrons. The fourth-order valence-corrected chi connectivity index (χ4v) is 5.34. The molecule has 0 saturated heterocycles. The fraction of sp³-hybridized carbons (Fsp3) is 0.111. The molecule has 5 aromatic rings. The Kier molecular flexibility index (Phi) is 6.85. The van der Waals surface area contributed by atoms with Gasteiger partial charge in [0.25, 0.3) is 11.8 Å². The maximum atomic E-state index is 12.7. The van der Waals surface area contributed by atoms with Crippen LogP contribution in [0.1, 0.15) is 26.4 Å². The van der Waals surface area contributed by atoms with Gasteiger partial charge in [-0.2, -0.15) is 0 Å². The Bertz CT molecular complexity index is 1590. The van der Waals surface area contributed by atoms with Crippen molar-refractivity contribution >= 4 is 55.5 Å². The van der Waals surface area contributed by atoms with Crippen molar-refractivity contribution in [1.82, 2.24) is 9.97 Å². The molecule has 5 rings (SSSR count). The molecule has 0 radical (unpaired) electrons. The number of nitrogens with one attached hydrogen (secondary N) is 2. The average Bonchev–Trinajstić information content (AvgIpc) is 3.55. The van der Waals surface area contributed by atoms with E-state index in [1.807, 2.05) is 30.3 Å². The number of hydrogen-bond donors (Lipinski definition) is 2. The van der Waals surface area contributed by atoms with E-state index >= 15 is 0 Å². The van der Waals surface area contributed by atoms with E-state index in [0.717, 1.165) is 32.1 Å². The first kappa shape index (κ1) is 24.4. The summed E-state index contributed by atoms with van der Waals surface area (Å²) in [6, 6.07) is 18.6. The van der Waals surface area contributed by atoms with E-state index in [-0.39, 0.29) is 17.5 Å². The van der Waals surface area contributed by atoms with Crippen LogP contribution in [0.2, 0.25) is 0 Å². The molecule has 0 fully saturated rings. The van der Waals surface area contributed by atoms with E-state index in [1.54, 1.807) is 34.9 Å². The maximum Gasteiger partial charge on any atom is 0.275 e. The minimum atomic E-state index is -0.390. The Balaban J connectivity index is 1.24. The monoisotopic (exact) mass is 530 g/mol. The summed E-state index contributed by atoms with van der Waals surface area (Å²) < 4.78 is 11.6. The van der Waals surface area contributed by atoms with Crippen molar-refractivity contribution in [2.45, 2.75) is 6.92 Å². The van der Waals surface area contributed by atoms with Crippen LogP contribution in [-0.4, -0.2) is 36.0 Å². The highest BCUT2D eigenvalue weighted by Gasteiger charge is 2.15. The topological polar surface area (TPSA) is 102 Å². The van der Waals surface area contributed by atoms with Crippen LogP contribution in [0, 0.1) is 6.92 Å². The van der Waals surface area contributed by atoms with Crippen molar-refractivity contribution < 1.29 is 19.1 Å². The van der Waals surface area contributed by atoms with Gasteiger partial charge < -0.3 is 14.8 Å². The van der Waals surface area contributed by atoms with Crippen LogP contribution in [0.4, 0.5) is 10.8 Å². The maximum absolute atomic E-state index is 12.7. The third-order valence-corrected chi connectivity index (χ3v) is 7.33. The molecule has 0 unspecified atom stereocenters. The molecule has 0 spiro atoms. The van der Waals surface area contributed by atoms with Crippen LogP contribution in [0.5, 0.6) is 11.5 Å². The summed E-state index contributed by atoms with van der Waals surface area (Å²) in [4.78, 5) is 34.4. The van der Waals surface area contributed by atoms with Gasteiger partial charge in [0.1, 0.15) is 22.2 Å². The Morgan fingerprint density at radius 2 is 1.57 bits per heavy atom. The highest BCUT2D eigenvalue weighted by Crippen LogP contribution is 2.31. The van der Waals surface area contributed by atoms with Gasteiger partial charge in [0.15, 0.2) is 5.13 Å². The van der Waals surface area contributed by atoms with Gasteiger partial charge >= 0.3 is 0 Å². The van der Waals surface area contributed by atoms with Crippen molar-refractivity contribution in [1.29, 1.82) is 0 Å². The zero-order valence-corrected chi connectivity index (χ0v) is 21.8. The molecule has 2 amide bonds. The van der Waals surface area contributed by atoms with Gasteiger partial charge in [0, 0.05) is 28.3 Å². The molecule has 10 heteroatoms. The number of nitrogens with zero attached hydrogens (tertiary/aromatic N) is 2. The number of methoxy groups -OCH3 is 2. The van der Waals surface area contributed by atoms with E-state index < -0.39 is 0 Å². The number of thiazole rings is 2. The standard InChI is InChI=1S/C27H22N4O4S2/c1-15-4-9-21-23(10-15)37-26(29-21)16-5-7-18(8-6-16)28-25(33)22-14-36-27(30-22)31-24(32)17-11-19(34-2)13-20(12-17)35-3/h4-14H,1-3H3,(H,28,33)(H,30,31,32). The SMILES string of the molecule is COc1cc(OC)cc(C(=O)Nc2nc(C(=O)Nc3ccc(-c4nc5ccc(C)cc5s4)cc3)cs2)c1. The summed E-state index contributed by atoms with van der Waals surface area (Å²) in [5.74, 6) is 0.225. The van der Waals surface area contributed by atoms with Crippen molar-refractivity contribution in [3.05, 3.63) is 82.9 Å². The molecule has 37 heavy (non-hydrogen) atoms. The number of amides is 2. The first-order valence-corrected chi connectivity index (χ1v) is 12.9. The third-order valence-electron chi connectivity index (χ3n) is 5.50. The zero-order chi connectivity index (χ0) is 25.9. The second-order valence-corrected chi connectivity index (χ2v) is 10.0. The lowest BCUT2D eigenvalue weighted by Crippen LogP contribution is -2.14. The predicted octanol–water partition coefficient (Wildman–Crippen LogP) is 6.25. The van der Waals surface area contributed by atoms with Crippen LogP contribution < -0.4 is 20.1 Å². The highest BCUT2D eigenvalue weighted by molar-refractivity contribution is 7.21. The molecule has 3 aromatic carbocycles. The van der Waals surface area contributed by atoms with Crippen LogP contribution in [-0.2, 0) is 0 Å². The highest BCUT2D eigenvalue weighted by atomic mass is 32.1. The molecule has 0 aliphatic carbocycles. The second kappa shape index (κ2) is 10.4. The number of rotatable bonds is 7. The number of anilines is 2. The summed E-state index contributed by atoms with van der Waals surface area (Å²) >= 11 is 2.80. The second-order valence-electron chi connectivity index (χ2n) is 8.12. The Labute approximate surface area is 220 Å². The summed E-state index contributed by atoms with van der Waals surface area (Å²) in [7, 11) is 3.02. The number of carbonyl (C=O) groups is 2. The van der Waals surface area contributed by atoms with Crippen LogP contribution >= 0.6 is 22.7 Å². The number of hydrogen-bond acceptors (Lipinski definition) is 8. The minimum absolute atomic E-state index is 0.203. The fourth-order valence-electron chi connectivity index (χ4n) is 3.59. The number of ether oxygens (including phenoxy) is 2. The van der Waals surface area contributed by atoms with Gasteiger partial charge in [-0.25, -0.2) is 9.97 Å². The molecule has 0 aliphatic heterocycles. The van der Waals surface area contributed by atoms with E-state index in [2.05, 4.69) is 34.7 Å². The van der Waals surface area contributed by atoms with Gasteiger partial charge in [-0.3, -0.25) is 14.9 Å². The smallest absolute Gasteiger partial charge is 0.275 e. The van der Waals surface area contributed by atoms with Gasteiger partial charge in [0.05, 0.1) is 24.4 Å². The van der Waals surface area contributed by atoms with E-state index in [1.165, 1.54) is 19.8 Å². The summed E-state index contributed by atoms with van der Waals surface area (Å²) in [5.41, 5.74) is 4.33. The minimum Gasteiger partial charge on any atom is -0.497 e. The van der Waals surface area contributed by atoms with Gasteiger partial charge in [0.2, 0.25) is 0 Å². The Hall–Kier alpha value is -4.28. The van der Waals surface area contributed by atoms with Crippen LogP contribution in [0.25, 0.3) is 20.8 Å². The number of benzene rings is 3. The van der Waals surface area contributed by atoms with Crippen LogP contribution in [0.15, 0.2) is 66.0 Å². The van der Waals surface area contributed by atoms with Crippen molar-refractivity contribution in [2.24, 2.45) is 0 Å². The molecule has 0 saturated carbocycles. The molecule has 2 heterocycles. The normalized spacial score (nSPS) is 10.8. The van der Waals surface area contributed by atoms with Crippen molar-refractivity contribution in [3.8, 4) is 22.1 Å². The molecule has 2 N–H and O–H groups in total. The lowest BCUT2D eigenvalue weighted by molar-refractivity contribution is 0.101. The van der Waals surface area contributed by atoms with Crippen molar-refractivity contribution in [3.63, 3.8) is 0 Å². The lowest BCUT2D eigenvalue weighted by Gasteiger charge is -2.08. The first-order chi connectivity index (χ1) is 17.9. The largest absolute Gasteiger partial charge is 0.497 e. The molecule has 8 nitrogen and oxygen atoms in total. The molecule has 0 bridgehead atoms. The molecular weight excluding hydrogens is 508 g/mol. The lowest BCUT2D eigenvalue weighted by atomic mass is 10.2. The average molecular weight is 531 g/mol. The number of aromatic nitrogens is 2. The quantitative estimate of drug-likeness (QED) is 0.258. The van der Waals surface area contributed by atoms with E-state index in [0.29, 0.717) is 27.9 Å². The van der Waals surface area contributed by atoms with Gasteiger partial charge in [-0.1, -0.05) is 6.07 Å². The summed E-state index contributed by atoms with van der Waals surface area (Å²) in [5, 5.41) is 8.37. The molecule has 2 aromatic heterocycles. The Morgan fingerprint density at radius 1 is 0.838 bits per heavy atom. The van der Waals surface area contributed by atoms with Crippen molar-refractivity contribution in [2.75, 3.05) is 24.9 Å². The summed E-state index contributed by atoms with van der Waals surface area (Å²) in [6.45, 7) is 2.06. The van der Waals surface area contributed by atoms with Gasteiger partial charge in [-0.05, 0) is 61.0 Å². The van der Waals surface area contributed by atoms with Crippen LogP contribution in [0.3, 0.4) is 0 Å². The molecule has 0 aliphatic rings. The summed E-state index contributed by atoms with van der Waals surface area (Å²) in [6.07, 6.45) is 0.